The van der Waals surface area contributed by atoms with Gasteiger partial charge < -0.3 is 15.5 Å². The minimum atomic E-state index is 0.128. The third kappa shape index (κ3) is 3.58. The van der Waals surface area contributed by atoms with Crippen molar-refractivity contribution in [1.82, 2.24) is 9.80 Å². The molecule has 1 aliphatic heterocycles. The standard InChI is InChI=1S/C16H25N3O/c1-13-5-3-4-6-15(13)14(12-17)11-16(20)19-9-7-18(2)8-10-19/h3-6,14H,7-12,17H2,1-2H3. The Morgan fingerprint density at radius 2 is 1.90 bits per heavy atom. The average molecular weight is 275 g/mol. The molecule has 0 radical (unpaired) electrons. The molecule has 1 aromatic rings. The summed E-state index contributed by atoms with van der Waals surface area (Å²) in [4.78, 5) is 16.6. The van der Waals surface area contributed by atoms with Crippen molar-refractivity contribution in [3.63, 3.8) is 0 Å². The molecule has 20 heavy (non-hydrogen) atoms. The highest BCUT2D eigenvalue weighted by Crippen LogP contribution is 2.23. The summed E-state index contributed by atoms with van der Waals surface area (Å²) in [7, 11) is 2.10. The molecule has 1 amide bonds. The lowest BCUT2D eigenvalue weighted by Gasteiger charge is -2.33. The van der Waals surface area contributed by atoms with Crippen molar-refractivity contribution in [3.8, 4) is 0 Å². The topological polar surface area (TPSA) is 49.6 Å². The van der Waals surface area contributed by atoms with Gasteiger partial charge in [-0.1, -0.05) is 24.3 Å². The number of hydrogen-bond donors (Lipinski definition) is 1. The van der Waals surface area contributed by atoms with E-state index < -0.39 is 0 Å². The molecule has 1 saturated heterocycles. The normalized spacial score (nSPS) is 18.1. The molecule has 1 atom stereocenters. The molecule has 0 spiro atoms. The van der Waals surface area contributed by atoms with Gasteiger partial charge in [0.15, 0.2) is 0 Å². The van der Waals surface area contributed by atoms with Gasteiger partial charge in [0, 0.05) is 38.5 Å². The zero-order chi connectivity index (χ0) is 14.5. The second-order valence-corrected chi connectivity index (χ2v) is 5.68. The summed E-state index contributed by atoms with van der Waals surface area (Å²) in [5.74, 6) is 0.361. The Morgan fingerprint density at radius 1 is 1.25 bits per heavy atom. The van der Waals surface area contributed by atoms with Crippen LogP contribution in [0.5, 0.6) is 0 Å². The molecule has 0 aliphatic carbocycles. The monoisotopic (exact) mass is 275 g/mol. The van der Waals surface area contributed by atoms with Crippen LogP contribution in [0.1, 0.15) is 23.5 Å². The predicted molar refractivity (Wildman–Crippen MR) is 81.7 cm³/mol. The first-order valence-corrected chi connectivity index (χ1v) is 7.33. The number of nitrogens with two attached hydrogens (primary N) is 1. The van der Waals surface area contributed by atoms with Crippen molar-refractivity contribution >= 4 is 5.91 Å². The summed E-state index contributed by atoms with van der Waals surface area (Å²) in [6, 6.07) is 8.21. The maximum absolute atomic E-state index is 12.4. The molecule has 2 rings (SSSR count). The van der Waals surface area contributed by atoms with Crippen LogP contribution in [0.25, 0.3) is 0 Å². The SMILES string of the molecule is Cc1ccccc1C(CN)CC(=O)N1CCN(C)CC1. The van der Waals surface area contributed by atoms with E-state index in [4.69, 9.17) is 5.73 Å². The Hall–Kier alpha value is -1.39. The highest BCUT2D eigenvalue weighted by Gasteiger charge is 2.23. The van der Waals surface area contributed by atoms with Crippen LogP contribution in [0.15, 0.2) is 24.3 Å². The fraction of sp³-hybridized carbons (Fsp3) is 0.562. The number of carbonyl (C=O) groups excluding carboxylic acids is 1. The number of piperazine rings is 1. The van der Waals surface area contributed by atoms with Crippen LogP contribution in [0.2, 0.25) is 0 Å². The lowest BCUT2D eigenvalue weighted by atomic mass is 9.91. The fourth-order valence-electron chi connectivity index (χ4n) is 2.76. The zero-order valence-electron chi connectivity index (χ0n) is 12.5. The molecule has 110 valence electrons. The fourth-order valence-corrected chi connectivity index (χ4v) is 2.76. The minimum absolute atomic E-state index is 0.128. The minimum Gasteiger partial charge on any atom is -0.340 e. The van der Waals surface area contributed by atoms with Gasteiger partial charge in [0.25, 0.3) is 0 Å². The van der Waals surface area contributed by atoms with E-state index >= 15 is 0 Å². The summed E-state index contributed by atoms with van der Waals surface area (Å²) in [5, 5.41) is 0. The van der Waals surface area contributed by atoms with Crippen LogP contribution in [0.4, 0.5) is 0 Å². The maximum atomic E-state index is 12.4. The quantitative estimate of drug-likeness (QED) is 0.898. The largest absolute Gasteiger partial charge is 0.340 e. The number of likely N-dealkylation sites (N-methyl/N-ethyl adjacent to an activating group) is 1. The molecule has 0 saturated carbocycles. The van der Waals surface area contributed by atoms with E-state index in [2.05, 4.69) is 31.0 Å². The van der Waals surface area contributed by atoms with Crippen LogP contribution in [-0.4, -0.2) is 55.5 Å². The molecule has 4 nitrogen and oxygen atoms in total. The van der Waals surface area contributed by atoms with Gasteiger partial charge in [-0.15, -0.1) is 0 Å². The van der Waals surface area contributed by atoms with E-state index in [9.17, 15) is 4.79 Å². The van der Waals surface area contributed by atoms with Crippen LogP contribution in [0, 0.1) is 6.92 Å². The Bertz CT molecular complexity index is 453. The molecular formula is C16H25N3O. The maximum Gasteiger partial charge on any atom is 0.223 e. The van der Waals surface area contributed by atoms with E-state index in [0.717, 1.165) is 26.2 Å². The summed E-state index contributed by atoms with van der Waals surface area (Å²) in [6.45, 7) is 6.19. The molecule has 2 N–H and O–H groups in total. The summed E-state index contributed by atoms with van der Waals surface area (Å²) < 4.78 is 0. The van der Waals surface area contributed by atoms with Gasteiger partial charge in [0.2, 0.25) is 5.91 Å². The van der Waals surface area contributed by atoms with E-state index in [1.165, 1.54) is 11.1 Å². The van der Waals surface area contributed by atoms with Gasteiger partial charge in [0.1, 0.15) is 0 Å². The van der Waals surface area contributed by atoms with Gasteiger partial charge in [-0.05, 0) is 31.6 Å². The van der Waals surface area contributed by atoms with Crippen molar-refractivity contribution in [2.45, 2.75) is 19.3 Å². The molecular weight excluding hydrogens is 250 g/mol. The number of rotatable bonds is 4. The number of hydrogen-bond acceptors (Lipinski definition) is 3. The van der Waals surface area contributed by atoms with Crippen molar-refractivity contribution in [2.24, 2.45) is 5.73 Å². The lowest BCUT2D eigenvalue weighted by Crippen LogP contribution is -2.47. The van der Waals surface area contributed by atoms with Crippen molar-refractivity contribution in [1.29, 1.82) is 0 Å². The highest BCUT2D eigenvalue weighted by atomic mass is 16.2. The van der Waals surface area contributed by atoms with E-state index in [1.54, 1.807) is 0 Å². The predicted octanol–water partition coefficient (Wildman–Crippen LogP) is 1.20. The van der Waals surface area contributed by atoms with Crippen LogP contribution >= 0.6 is 0 Å². The number of benzene rings is 1. The third-order valence-corrected chi connectivity index (χ3v) is 4.19. The summed E-state index contributed by atoms with van der Waals surface area (Å²) in [5.41, 5.74) is 8.32. The molecule has 0 aromatic heterocycles. The Labute approximate surface area is 121 Å². The zero-order valence-corrected chi connectivity index (χ0v) is 12.5. The third-order valence-electron chi connectivity index (χ3n) is 4.19. The second kappa shape index (κ2) is 6.86. The molecule has 1 fully saturated rings. The average Bonchev–Trinajstić information content (AvgIpc) is 2.46. The summed E-state index contributed by atoms with van der Waals surface area (Å²) in [6.07, 6.45) is 0.519. The van der Waals surface area contributed by atoms with E-state index in [-0.39, 0.29) is 11.8 Å². The van der Waals surface area contributed by atoms with Gasteiger partial charge in [0.05, 0.1) is 0 Å². The second-order valence-electron chi connectivity index (χ2n) is 5.68. The van der Waals surface area contributed by atoms with E-state index in [0.29, 0.717) is 13.0 Å². The first kappa shape index (κ1) is 15.0. The van der Waals surface area contributed by atoms with E-state index in [1.807, 2.05) is 17.0 Å². The Kier molecular flexibility index (Phi) is 5.15. The molecule has 1 heterocycles. The number of amides is 1. The Balaban J connectivity index is 2.00. The van der Waals surface area contributed by atoms with Crippen LogP contribution in [0.3, 0.4) is 0 Å². The van der Waals surface area contributed by atoms with Crippen molar-refractivity contribution in [3.05, 3.63) is 35.4 Å². The van der Waals surface area contributed by atoms with Crippen molar-refractivity contribution in [2.75, 3.05) is 39.8 Å². The van der Waals surface area contributed by atoms with Gasteiger partial charge in [-0.2, -0.15) is 0 Å². The van der Waals surface area contributed by atoms with Gasteiger partial charge in [-0.25, -0.2) is 0 Å². The molecule has 1 aromatic carbocycles. The van der Waals surface area contributed by atoms with Crippen LogP contribution in [-0.2, 0) is 4.79 Å². The van der Waals surface area contributed by atoms with Gasteiger partial charge >= 0.3 is 0 Å². The number of nitrogens with zero attached hydrogens (tertiary/aromatic N) is 2. The molecule has 4 heteroatoms. The van der Waals surface area contributed by atoms with Crippen molar-refractivity contribution < 1.29 is 4.79 Å². The molecule has 0 bridgehead atoms. The number of aryl methyl sites for hydroxylation is 1. The Morgan fingerprint density at radius 3 is 2.50 bits per heavy atom. The van der Waals surface area contributed by atoms with Crippen LogP contribution < -0.4 is 5.73 Å². The van der Waals surface area contributed by atoms with Gasteiger partial charge in [-0.3, -0.25) is 4.79 Å². The summed E-state index contributed by atoms with van der Waals surface area (Å²) >= 11 is 0. The highest BCUT2D eigenvalue weighted by molar-refractivity contribution is 5.77. The number of carbonyl (C=O) groups is 1. The smallest absolute Gasteiger partial charge is 0.223 e. The first-order chi connectivity index (χ1) is 9.61. The lowest BCUT2D eigenvalue weighted by molar-refractivity contribution is -0.133. The first-order valence-electron chi connectivity index (χ1n) is 7.33. The molecule has 1 unspecified atom stereocenters. The molecule has 1 aliphatic rings.